The highest BCUT2D eigenvalue weighted by atomic mass is 16.5. The Kier molecular flexibility index (Phi) is 5.63. The normalized spacial score (nSPS) is 15.4. The second-order valence-corrected chi connectivity index (χ2v) is 5.47. The summed E-state index contributed by atoms with van der Waals surface area (Å²) in [5.41, 5.74) is 7.65. The average Bonchev–Trinajstić information content (AvgIpc) is 2.54. The third-order valence-corrected chi connectivity index (χ3v) is 3.96. The first-order chi connectivity index (χ1) is 10.6. The van der Waals surface area contributed by atoms with Gasteiger partial charge < -0.3 is 20.7 Å². The molecule has 1 heterocycles. The highest BCUT2D eigenvalue weighted by Crippen LogP contribution is 2.24. The maximum atomic E-state index is 12.1. The number of methoxy groups -OCH3 is 1. The molecule has 0 unspecified atom stereocenters. The second kappa shape index (κ2) is 7.68. The number of esters is 1. The van der Waals surface area contributed by atoms with Crippen molar-refractivity contribution in [3.8, 4) is 0 Å². The number of nitrogen functional groups attached to an aromatic ring is 1. The summed E-state index contributed by atoms with van der Waals surface area (Å²) in [6.45, 7) is 2.00. The summed E-state index contributed by atoms with van der Waals surface area (Å²) in [4.78, 5) is 25.3. The van der Waals surface area contributed by atoms with Crippen molar-refractivity contribution in [1.29, 1.82) is 0 Å². The number of nitrogens with two attached hydrogens (primary N) is 1. The molecule has 0 atom stereocenters. The van der Waals surface area contributed by atoms with Crippen LogP contribution in [0.15, 0.2) is 24.3 Å². The van der Waals surface area contributed by atoms with Crippen LogP contribution in [0.1, 0.15) is 19.3 Å². The molecule has 1 aromatic carbocycles. The highest BCUT2D eigenvalue weighted by molar-refractivity contribution is 5.79. The van der Waals surface area contributed by atoms with E-state index in [4.69, 9.17) is 5.73 Å². The summed E-state index contributed by atoms with van der Waals surface area (Å²) in [5, 5.41) is 2.80. The van der Waals surface area contributed by atoms with Gasteiger partial charge in [-0.3, -0.25) is 9.59 Å². The number of ether oxygens (including phenoxy) is 1. The van der Waals surface area contributed by atoms with Crippen molar-refractivity contribution >= 4 is 23.3 Å². The summed E-state index contributed by atoms with van der Waals surface area (Å²) >= 11 is 0. The summed E-state index contributed by atoms with van der Waals surface area (Å²) in [7, 11) is 1.34. The van der Waals surface area contributed by atoms with E-state index in [9.17, 15) is 9.59 Å². The number of hydrogen-bond donors (Lipinski definition) is 2. The molecule has 1 saturated heterocycles. The Morgan fingerprint density at radius 3 is 2.73 bits per heavy atom. The van der Waals surface area contributed by atoms with Crippen molar-refractivity contribution in [2.24, 2.45) is 5.92 Å². The van der Waals surface area contributed by atoms with Gasteiger partial charge in [0, 0.05) is 36.9 Å². The minimum atomic E-state index is -0.309. The fourth-order valence-electron chi connectivity index (χ4n) is 2.66. The lowest BCUT2D eigenvalue weighted by Gasteiger charge is -2.33. The van der Waals surface area contributed by atoms with Gasteiger partial charge in [-0.1, -0.05) is 6.07 Å². The molecule has 0 bridgehead atoms. The quantitative estimate of drug-likeness (QED) is 0.630. The second-order valence-electron chi connectivity index (χ2n) is 5.47. The Labute approximate surface area is 130 Å². The van der Waals surface area contributed by atoms with Crippen molar-refractivity contribution in [1.82, 2.24) is 5.32 Å². The molecule has 1 aromatic rings. The van der Waals surface area contributed by atoms with Gasteiger partial charge in [0.25, 0.3) is 0 Å². The fourth-order valence-corrected chi connectivity index (χ4v) is 2.66. The molecular formula is C16H23N3O3. The molecule has 1 amide bonds. The Hall–Kier alpha value is -2.24. The average molecular weight is 305 g/mol. The minimum absolute atomic E-state index is 0.00922. The van der Waals surface area contributed by atoms with Crippen LogP contribution in [0, 0.1) is 5.92 Å². The van der Waals surface area contributed by atoms with Gasteiger partial charge in [0.05, 0.1) is 13.5 Å². The number of nitrogens with zero attached hydrogens (tertiary/aromatic N) is 1. The van der Waals surface area contributed by atoms with Gasteiger partial charge in [0.1, 0.15) is 0 Å². The molecule has 1 aliphatic rings. The number of rotatable bonds is 5. The monoisotopic (exact) mass is 305 g/mol. The molecule has 120 valence electrons. The molecule has 6 nitrogen and oxygen atoms in total. The number of hydrogen-bond acceptors (Lipinski definition) is 5. The Morgan fingerprint density at radius 2 is 2.09 bits per heavy atom. The van der Waals surface area contributed by atoms with E-state index in [1.807, 2.05) is 24.3 Å². The Bertz CT molecular complexity index is 525. The summed E-state index contributed by atoms with van der Waals surface area (Å²) in [6, 6.07) is 7.80. The number of amides is 1. The van der Waals surface area contributed by atoms with Gasteiger partial charge in [-0.05, 0) is 31.0 Å². The zero-order chi connectivity index (χ0) is 15.9. The zero-order valence-electron chi connectivity index (χ0n) is 12.9. The smallest absolute Gasteiger partial charge is 0.307 e. The van der Waals surface area contributed by atoms with E-state index >= 15 is 0 Å². The van der Waals surface area contributed by atoms with E-state index in [-0.39, 0.29) is 24.2 Å². The van der Waals surface area contributed by atoms with Crippen LogP contribution in [0.3, 0.4) is 0 Å². The van der Waals surface area contributed by atoms with Gasteiger partial charge in [0.2, 0.25) is 5.91 Å². The van der Waals surface area contributed by atoms with E-state index < -0.39 is 0 Å². The highest BCUT2D eigenvalue weighted by Gasteiger charge is 2.25. The van der Waals surface area contributed by atoms with Crippen molar-refractivity contribution in [3.05, 3.63) is 24.3 Å². The van der Waals surface area contributed by atoms with Crippen LogP contribution in [0.5, 0.6) is 0 Å². The third kappa shape index (κ3) is 4.38. The van der Waals surface area contributed by atoms with Crippen LogP contribution in [0.4, 0.5) is 11.4 Å². The van der Waals surface area contributed by atoms with Crippen LogP contribution < -0.4 is 16.0 Å². The van der Waals surface area contributed by atoms with E-state index in [2.05, 4.69) is 15.0 Å². The summed E-state index contributed by atoms with van der Waals surface area (Å²) < 4.78 is 4.54. The molecule has 6 heteroatoms. The van der Waals surface area contributed by atoms with Gasteiger partial charge >= 0.3 is 5.97 Å². The minimum Gasteiger partial charge on any atom is -0.469 e. The molecule has 2 rings (SSSR count). The molecule has 3 N–H and O–H groups in total. The van der Waals surface area contributed by atoms with Crippen LogP contribution >= 0.6 is 0 Å². The fraction of sp³-hybridized carbons (Fsp3) is 0.500. The maximum Gasteiger partial charge on any atom is 0.307 e. The van der Waals surface area contributed by atoms with Gasteiger partial charge in [-0.25, -0.2) is 0 Å². The zero-order valence-corrected chi connectivity index (χ0v) is 12.9. The first-order valence-corrected chi connectivity index (χ1v) is 7.55. The summed E-state index contributed by atoms with van der Waals surface area (Å²) in [6.07, 6.45) is 1.82. The van der Waals surface area contributed by atoms with Gasteiger partial charge in [-0.15, -0.1) is 0 Å². The molecule has 1 aliphatic heterocycles. The largest absolute Gasteiger partial charge is 0.469 e. The van der Waals surface area contributed by atoms with Gasteiger partial charge in [-0.2, -0.15) is 0 Å². The number of piperidine rings is 1. The Morgan fingerprint density at radius 1 is 1.36 bits per heavy atom. The lowest BCUT2D eigenvalue weighted by atomic mass is 9.95. The van der Waals surface area contributed by atoms with Crippen LogP contribution in [0.2, 0.25) is 0 Å². The standard InChI is InChI=1S/C16H23N3O3/c1-22-15(20)5-8-18-16(21)12-6-9-19(10-7-12)14-4-2-3-13(17)11-14/h2-4,11-12H,5-10,17H2,1H3,(H,18,21). The molecule has 1 fully saturated rings. The van der Waals surface area contributed by atoms with Crippen LogP contribution in [-0.2, 0) is 14.3 Å². The molecule has 0 saturated carbocycles. The lowest BCUT2D eigenvalue weighted by molar-refractivity contribution is -0.140. The molecule has 0 spiro atoms. The molecule has 22 heavy (non-hydrogen) atoms. The number of carbonyl (C=O) groups excluding carboxylic acids is 2. The first kappa shape index (κ1) is 16.1. The van der Waals surface area contributed by atoms with E-state index in [0.29, 0.717) is 6.54 Å². The maximum absolute atomic E-state index is 12.1. The van der Waals surface area contributed by atoms with E-state index in [1.54, 1.807) is 0 Å². The topological polar surface area (TPSA) is 84.7 Å². The Balaban J connectivity index is 1.77. The van der Waals surface area contributed by atoms with Crippen molar-refractivity contribution < 1.29 is 14.3 Å². The predicted molar refractivity (Wildman–Crippen MR) is 85.4 cm³/mol. The van der Waals surface area contributed by atoms with E-state index in [0.717, 1.165) is 37.3 Å². The van der Waals surface area contributed by atoms with Crippen molar-refractivity contribution in [2.45, 2.75) is 19.3 Å². The number of carbonyl (C=O) groups is 2. The number of benzene rings is 1. The molecule has 0 aromatic heterocycles. The van der Waals surface area contributed by atoms with Crippen LogP contribution in [-0.4, -0.2) is 38.6 Å². The predicted octanol–water partition coefficient (Wildman–Crippen LogP) is 1.16. The number of nitrogens with one attached hydrogen (secondary N) is 1. The van der Waals surface area contributed by atoms with Crippen molar-refractivity contribution in [2.75, 3.05) is 37.4 Å². The van der Waals surface area contributed by atoms with Crippen molar-refractivity contribution in [3.63, 3.8) is 0 Å². The van der Waals surface area contributed by atoms with E-state index in [1.165, 1.54) is 7.11 Å². The van der Waals surface area contributed by atoms with Crippen LogP contribution in [0.25, 0.3) is 0 Å². The molecular weight excluding hydrogens is 282 g/mol. The third-order valence-electron chi connectivity index (χ3n) is 3.96. The lowest BCUT2D eigenvalue weighted by Crippen LogP contribution is -2.41. The molecule has 0 radical (unpaired) electrons. The van der Waals surface area contributed by atoms with Gasteiger partial charge in [0.15, 0.2) is 0 Å². The SMILES string of the molecule is COC(=O)CCNC(=O)C1CCN(c2cccc(N)c2)CC1. The molecule has 0 aliphatic carbocycles. The first-order valence-electron chi connectivity index (χ1n) is 7.55. The summed E-state index contributed by atoms with van der Waals surface area (Å²) in [5.74, 6) is -0.275. The number of anilines is 2.